The van der Waals surface area contributed by atoms with E-state index < -0.39 is 17.7 Å². The molecule has 0 radical (unpaired) electrons. The van der Waals surface area contributed by atoms with Gasteiger partial charge in [0.1, 0.15) is 5.75 Å². The van der Waals surface area contributed by atoms with Gasteiger partial charge in [-0.1, -0.05) is 18.6 Å². The molecule has 0 spiro atoms. The second kappa shape index (κ2) is 9.05. The summed E-state index contributed by atoms with van der Waals surface area (Å²) in [7, 11) is 1.52. The first-order valence-electron chi connectivity index (χ1n) is 9.16. The van der Waals surface area contributed by atoms with Gasteiger partial charge < -0.3 is 15.0 Å². The summed E-state index contributed by atoms with van der Waals surface area (Å²) in [5.74, 6) is -1.36. The highest BCUT2D eigenvalue weighted by atomic mass is 32.1. The van der Waals surface area contributed by atoms with Gasteiger partial charge in [-0.05, 0) is 50.3 Å². The summed E-state index contributed by atoms with van der Waals surface area (Å²) in [5.41, 5.74) is 0.502. The van der Waals surface area contributed by atoms with Gasteiger partial charge in [0.25, 0.3) is 5.91 Å². The fraction of sp³-hybridized carbons (Fsp3) is 0.474. The molecule has 0 saturated carbocycles. The van der Waals surface area contributed by atoms with E-state index >= 15 is 0 Å². The summed E-state index contributed by atoms with van der Waals surface area (Å²) >= 11 is 5.21. The molecule has 2 heterocycles. The van der Waals surface area contributed by atoms with Gasteiger partial charge in [-0.2, -0.15) is 0 Å². The minimum Gasteiger partial charge on any atom is -0.495 e. The molecule has 0 unspecified atom stereocenters. The van der Waals surface area contributed by atoms with Crippen LogP contribution < -0.4 is 15.0 Å². The summed E-state index contributed by atoms with van der Waals surface area (Å²) in [4.78, 5) is 33.2. The maximum atomic E-state index is 12.9. The lowest BCUT2D eigenvalue weighted by atomic mass is 10.1. The van der Waals surface area contributed by atoms with Crippen molar-refractivity contribution in [3.63, 3.8) is 0 Å². The molecule has 2 amide bonds. The number of benzene rings is 1. The number of methoxy groups -OCH3 is 1. The number of amides is 2. The number of anilines is 1. The number of hydrogen-bond donors (Lipinski definition) is 1. The minimum atomic E-state index is -0.997. The molecule has 1 aromatic carbocycles. The van der Waals surface area contributed by atoms with Gasteiger partial charge in [-0.3, -0.25) is 19.5 Å². The lowest BCUT2D eigenvalue weighted by Gasteiger charge is -2.31. The minimum absolute atomic E-state index is 0.0486. The Labute approximate surface area is 164 Å². The van der Waals surface area contributed by atoms with Crippen molar-refractivity contribution in [3.8, 4) is 5.75 Å². The molecule has 0 aliphatic carbocycles. The normalized spacial score (nSPS) is 21.6. The highest BCUT2D eigenvalue weighted by Gasteiger charge is 2.39. The van der Waals surface area contributed by atoms with Gasteiger partial charge in [-0.15, -0.1) is 0 Å². The van der Waals surface area contributed by atoms with Crippen molar-refractivity contribution >= 4 is 41.0 Å². The number of thiocarbonyl (C=S) groups is 1. The number of carbonyl (C=O) groups excluding carboxylic acids is 2. The maximum absolute atomic E-state index is 12.9. The smallest absolute Gasteiger partial charge is 0.251 e. The molecule has 2 aliphatic heterocycles. The van der Waals surface area contributed by atoms with Crippen LogP contribution in [0.25, 0.3) is 0 Å². The van der Waals surface area contributed by atoms with E-state index in [1.807, 2.05) is 0 Å². The molecular weight excluding hydrogens is 364 g/mol. The van der Waals surface area contributed by atoms with Gasteiger partial charge >= 0.3 is 0 Å². The molecule has 2 aliphatic rings. The van der Waals surface area contributed by atoms with E-state index in [4.69, 9.17) is 17.0 Å². The van der Waals surface area contributed by atoms with Crippen LogP contribution in [0.15, 0.2) is 29.3 Å². The molecule has 1 N–H and O–H groups in total. The predicted octanol–water partition coefficient (Wildman–Crippen LogP) is 1.62. The molecule has 2 saturated heterocycles. The van der Waals surface area contributed by atoms with Crippen molar-refractivity contribution in [2.45, 2.75) is 19.3 Å². The number of nitrogens with zero attached hydrogens (tertiary/aromatic N) is 3. The fourth-order valence-electron chi connectivity index (χ4n) is 3.33. The maximum Gasteiger partial charge on any atom is 0.251 e. The van der Waals surface area contributed by atoms with Crippen molar-refractivity contribution < 1.29 is 14.3 Å². The Morgan fingerprint density at radius 3 is 2.74 bits per heavy atom. The molecule has 144 valence electrons. The van der Waals surface area contributed by atoms with Crippen LogP contribution in [0.3, 0.4) is 0 Å². The fourth-order valence-corrected chi connectivity index (χ4v) is 3.62. The van der Waals surface area contributed by atoms with Crippen LogP contribution in [0.5, 0.6) is 5.75 Å². The average Bonchev–Trinajstić information content (AvgIpc) is 2.68. The predicted molar refractivity (Wildman–Crippen MR) is 108 cm³/mol. The Balaban J connectivity index is 1.69. The number of rotatable bonds is 6. The second-order valence-corrected chi connectivity index (χ2v) is 6.96. The van der Waals surface area contributed by atoms with E-state index in [-0.39, 0.29) is 5.11 Å². The van der Waals surface area contributed by atoms with Crippen LogP contribution in [0.4, 0.5) is 5.69 Å². The Bertz CT molecular complexity index is 746. The van der Waals surface area contributed by atoms with Crippen LogP contribution in [0, 0.1) is 5.92 Å². The Morgan fingerprint density at radius 1 is 1.26 bits per heavy atom. The molecule has 0 bridgehead atoms. The number of nitrogens with one attached hydrogen (secondary N) is 1. The van der Waals surface area contributed by atoms with E-state index in [2.05, 4.69) is 15.2 Å². The average molecular weight is 388 g/mol. The molecule has 27 heavy (non-hydrogen) atoms. The van der Waals surface area contributed by atoms with E-state index in [0.29, 0.717) is 18.0 Å². The van der Waals surface area contributed by atoms with Crippen LogP contribution in [-0.2, 0) is 9.59 Å². The molecular formula is C19H24N4O3S. The summed E-state index contributed by atoms with van der Waals surface area (Å²) in [6.07, 6.45) is 5.16. The lowest BCUT2D eigenvalue weighted by molar-refractivity contribution is -0.130. The number of piperidine rings is 1. The third-order valence-corrected chi connectivity index (χ3v) is 5.06. The van der Waals surface area contributed by atoms with Crippen molar-refractivity contribution in [2.24, 2.45) is 10.9 Å². The van der Waals surface area contributed by atoms with E-state index in [0.717, 1.165) is 19.6 Å². The third kappa shape index (κ3) is 4.51. The topological polar surface area (TPSA) is 74.2 Å². The van der Waals surface area contributed by atoms with Crippen LogP contribution in [-0.4, -0.2) is 61.3 Å². The first kappa shape index (κ1) is 19.4. The van der Waals surface area contributed by atoms with Gasteiger partial charge in [-0.25, -0.2) is 0 Å². The van der Waals surface area contributed by atoms with E-state index in [1.165, 1.54) is 37.5 Å². The standard InChI is InChI=1S/C19H24N4O3S/c1-26-16-8-4-3-7-15(16)23-18(25)14(17(24)21-19(23)27)13-20-9-12-22-10-5-2-6-11-22/h3-4,7-8,13-14H,2,5-6,9-12H2,1H3,(H,21,24,27)/t14-/m1/s1. The van der Waals surface area contributed by atoms with Crippen LogP contribution in [0.1, 0.15) is 19.3 Å². The highest BCUT2D eigenvalue weighted by molar-refractivity contribution is 7.80. The van der Waals surface area contributed by atoms with Gasteiger partial charge in [0, 0.05) is 12.8 Å². The van der Waals surface area contributed by atoms with Crippen LogP contribution >= 0.6 is 12.2 Å². The second-order valence-electron chi connectivity index (χ2n) is 6.58. The van der Waals surface area contributed by atoms with Crippen molar-refractivity contribution in [2.75, 3.05) is 38.2 Å². The summed E-state index contributed by atoms with van der Waals surface area (Å²) in [5, 5.41) is 2.64. The van der Waals surface area contributed by atoms with Crippen molar-refractivity contribution in [3.05, 3.63) is 24.3 Å². The van der Waals surface area contributed by atoms with Crippen LogP contribution in [0.2, 0.25) is 0 Å². The zero-order valence-electron chi connectivity index (χ0n) is 15.4. The molecule has 3 rings (SSSR count). The Kier molecular flexibility index (Phi) is 6.52. The first-order valence-corrected chi connectivity index (χ1v) is 9.56. The zero-order valence-corrected chi connectivity index (χ0v) is 16.2. The number of hydrogen-bond acceptors (Lipinski definition) is 6. The van der Waals surface area contributed by atoms with E-state index in [9.17, 15) is 9.59 Å². The van der Waals surface area contributed by atoms with E-state index in [1.54, 1.807) is 24.3 Å². The summed E-state index contributed by atoms with van der Waals surface area (Å²) in [6.45, 7) is 3.59. The summed E-state index contributed by atoms with van der Waals surface area (Å²) < 4.78 is 5.32. The number of ether oxygens (including phenoxy) is 1. The molecule has 7 nitrogen and oxygen atoms in total. The molecule has 1 atom stereocenters. The largest absolute Gasteiger partial charge is 0.495 e. The molecule has 8 heteroatoms. The summed E-state index contributed by atoms with van der Waals surface area (Å²) in [6, 6.07) is 7.05. The Hall–Kier alpha value is -2.32. The lowest BCUT2D eigenvalue weighted by Crippen LogP contribution is -2.58. The Morgan fingerprint density at radius 2 is 2.00 bits per heavy atom. The quantitative estimate of drug-likeness (QED) is 0.455. The van der Waals surface area contributed by atoms with Gasteiger partial charge in [0.2, 0.25) is 5.91 Å². The van der Waals surface area contributed by atoms with Gasteiger partial charge in [0.05, 0.1) is 19.3 Å². The zero-order chi connectivity index (χ0) is 19.2. The first-order chi connectivity index (χ1) is 13.1. The number of para-hydroxylation sites is 2. The monoisotopic (exact) mass is 388 g/mol. The van der Waals surface area contributed by atoms with Gasteiger partial charge in [0.15, 0.2) is 11.0 Å². The number of aliphatic imine (C=N–C) groups is 1. The SMILES string of the molecule is COc1ccccc1N1C(=O)[C@H](C=NCCN2CCCCC2)C(=O)NC1=S. The van der Waals surface area contributed by atoms with Crippen molar-refractivity contribution in [1.29, 1.82) is 0 Å². The number of likely N-dealkylation sites (tertiary alicyclic amines) is 1. The third-order valence-electron chi connectivity index (χ3n) is 4.78. The number of carbonyl (C=O) groups is 2. The molecule has 2 fully saturated rings. The van der Waals surface area contributed by atoms with Crippen molar-refractivity contribution in [1.82, 2.24) is 10.2 Å². The molecule has 0 aromatic heterocycles. The highest BCUT2D eigenvalue weighted by Crippen LogP contribution is 2.30. The molecule has 1 aromatic rings.